The standard InChI is InChI=1S/C8H19O2P.Na.H/c1-3-5-6-7-8-10-11-9-4-2;;/h11H,3-8H2,1-2H3;;. The average Bonchev–Trinajstić information content (AvgIpc) is 2.03. The molecule has 0 fully saturated rings. The van der Waals surface area contributed by atoms with Gasteiger partial charge in [0.2, 0.25) is 0 Å². The molecule has 0 rings (SSSR count). The summed E-state index contributed by atoms with van der Waals surface area (Å²) in [5.74, 6) is 0. The first-order valence-electron chi connectivity index (χ1n) is 4.40. The summed E-state index contributed by atoms with van der Waals surface area (Å²) in [5.41, 5.74) is 0. The predicted molar refractivity (Wildman–Crippen MR) is 57.2 cm³/mol. The molecule has 2 nitrogen and oxygen atoms in total. The van der Waals surface area contributed by atoms with Crippen molar-refractivity contribution in [3.63, 3.8) is 0 Å². The molecule has 70 valence electrons. The third-order valence-electron chi connectivity index (χ3n) is 1.36. The van der Waals surface area contributed by atoms with Crippen molar-refractivity contribution in [2.45, 2.75) is 39.5 Å². The molecule has 0 heterocycles. The molecule has 0 aromatic carbocycles. The van der Waals surface area contributed by atoms with Crippen LogP contribution in [0.4, 0.5) is 0 Å². The van der Waals surface area contributed by atoms with Gasteiger partial charge in [0.25, 0.3) is 0 Å². The van der Waals surface area contributed by atoms with E-state index in [1.54, 1.807) is 0 Å². The fourth-order valence-corrected chi connectivity index (χ4v) is 1.17. The molecular formula is C8H20NaO2P. The second-order valence-electron chi connectivity index (χ2n) is 2.43. The first-order chi connectivity index (χ1) is 5.41. The summed E-state index contributed by atoms with van der Waals surface area (Å²) in [6.07, 6.45) is 5.07. The van der Waals surface area contributed by atoms with E-state index in [-0.39, 0.29) is 38.6 Å². The van der Waals surface area contributed by atoms with Crippen LogP contribution in [0.15, 0.2) is 0 Å². The number of rotatable bonds is 8. The van der Waals surface area contributed by atoms with Crippen molar-refractivity contribution in [2.75, 3.05) is 13.2 Å². The van der Waals surface area contributed by atoms with E-state index in [2.05, 4.69) is 6.92 Å². The van der Waals surface area contributed by atoms with Crippen LogP contribution in [0.1, 0.15) is 39.5 Å². The molecule has 0 aromatic rings. The van der Waals surface area contributed by atoms with Crippen molar-refractivity contribution in [1.29, 1.82) is 0 Å². The Bertz CT molecular complexity index is 66.1. The van der Waals surface area contributed by atoms with E-state index >= 15 is 0 Å². The average molecular weight is 202 g/mol. The fourth-order valence-electron chi connectivity index (χ4n) is 0.743. The van der Waals surface area contributed by atoms with E-state index < -0.39 is 0 Å². The van der Waals surface area contributed by atoms with Crippen molar-refractivity contribution in [3.05, 3.63) is 0 Å². The summed E-state index contributed by atoms with van der Waals surface area (Å²) < 4.78 is 10.3. The molecule has 1 unspecified atom stereocenters. The van der Waals surface area contributed by atoms with Crippen molar-refractivity contribution < 1.29 is 9.05 Å². The molecule has 0 N–H and O–H groups in total. The Hall–Kier alpha value is 1.35. The summed E-state index contributed by atoms with van der Waals surface area (Å²) in [5, 5.41) is 0. The summed E-state index contributed by atoms with van der Waals surface area (Å²) in [6.45, 7) is 5.81. The van der Waals surface area contributed by atoms with Gasteiger partial charge in [-0.25, -0.2) is 0 Å². The molecule has 0 aliphatic carbocycles. The summed E-state index contributed by atoms with van der Waals surface area (Å²) in [7, 11) is 0.244. The Morgan fingerprint density at radius 1 is 1.00 bits per heavy atom. The fraction of sp³-hybridized carbons (Fsp3) is 1.00. The van der Waals surface area contributed by atoms with E-state index in [4.69, 9.17) is 9.05 Å². The van der Waals surface area contributed by atoms with Gasteiger partial charge < -0.3 is 9.05 Å². The number of unbranched alkanes of at least 4 members (excludes halogenated alkanes) is 3. The van der Waals surface area contributed by atoms with Gasteiger partial charge in [-0.05, 0) is 13.3 Å². The number of hydrogen-bond donors (Lipinski definition) is 0. The van der Waals surface area contributed by atoms with Gasteiger partial charge in [-0.15, -0.1) is 0 Å². The van der Waals surface area contributed by atoms with E-state index in [0.29, 0.717) is 0 Å². The number of hydrogen-bond acceptors (Lipinski definition) is 2. The quantitative estimate of drug-likeness (QED) is 0.342. The Labute approximate surface area is 100 Å². The van der Waals surface area contributed by atoms with E-state index in [1.165, 1.54) is 25.7 Å². The van der Waals surface area contributed by atoms with Gasteiger partial charge in [0, 0.05) is 0 Å². The Balaban J connectivity index is 0. The van der Waals surface area contributed by atoms with Crippen LogP contribution < -0.4 is 0 Å². The molecule has 1 atom stereocenters. The molecule has 4 heteroatoms. The van der Waals surface area contributed by atoms with Crippen LogP contribution in [-0.4, -0.2) is 42.8 Å². The Morgan fingerprint density at radius 3 is 2.33 bits per heavy atom. The Kier molecular flexibility index (Phi) is 19.6. The van der Waals surface area contributed by atoms with Crippen molar-refractivity contribution in [2.24, 2.45) is 0 Å². The zero-order chi connectivity index (χ0) is 8.36. The second-order valence-corrected chi connectivity index (χ2v) is 3.17. The van der Waals surface area contributed by atoms with Crippen molar-refractivity contribution >= 4 is 38.6 Å². The van der Waals surface area contributed by atoms with Crippen LogP contribution in [0, 0.1) is 0 Å². The molecule has 0 radical (unpaired) electrons. The molecule has 12 heavy (non-hydrogen) atoms. The molecule has 0 spiro atoms. The van der Waals surface area contributed by atoms with Gasteiger partial charge in [-0.2, -0.15) is 0 Å². The molecule has 0 saturated heterocycles. The summed E-state index contributed by atoms with van der Waals surface area (Å²) >= 11 is 0. The molecule has 0 aromatic heterocycles. The molecule has 0 aliphatic rings. The summed E-state index contributed by atoms with van der Waals surface area (Å²) in [4.78, 5) is 0. The molecule has 0 saturated carbocycles. The third-order valence-corrected chi connectivity index (χ3v) is 2.09. The van der Waals surface area contributed by atoms with Gasteiger partial charge in [-0.3, -0.25) is 0 Å². The normalized spacial score (nSPS) is 10.5. The first-order valence-corrected chi connectivity index (χ1v) is 5.22. The van der Waals surface area contributed by atoms with Crippen molar-refractivity contribution in [3.8, 4) is 0 Å². The third kappa shape index (κ3) is 13.9. The maximum atomic E-state index is 5.23. The van der Waals surface area contributed by atoms with Gasteiger partial charge in [0.15, 0.2) is 9.03 Å². The zero-order valence-corrected chi connectivity index (χ0v) is 8.56. The van der Waals surface area contributed by atoms with Crippen LogP contribution in [-0.2, 0) is 9.05 Å². The monoisotopic (exact) mass is 202 g/mol. The Morgan fingerprint density at radius 2 is 1.75 bits per heavy atom. The second kappa shape index (κ2) is 14.9. The van der Waals surface area contributed by atoms with Gasteiger partial charge in [0.05, 0.1) is 13.2 Å². The van der Waals surface area contributed by atoms with Crippen LogP contribution in [0.5, 0.6) is 0 Å². The maximum absolute atomic E-state index is 5.23. The van der Waals surface area contributed by atoms with Crippen LogP contribution >= 0.6 is 9.03 Å². The van der Waals surface area contributed by atoms with Crippen LogP contribution in [0.25, 0.3) is 0 Å². The van der Waals surface area contributed by atoms with E-state index in [0.717, 1.165) is 13.2 Å². The minimum absolute atomic E-state index is 0. The van der Waals surface area contributed by atoms with Gasteiger partial charge in [0.1, 0.15) is 0 Å². The van der Waals surface area contributed by atoms with Crippen molar-refractivity contribution in [1.82, 2.24) is 0 Å². The minimum atomic E-state index is 0. The summed E-state index contributed by atoms with van der Waals surface area (Å²) in [6, 6.07) is 0. The van der Waals surface area contributed by atoms with Gasteiger partial charge in [-0.1, -0.05) is 26.2 Å². The molecular weight excluding hydrogens is 182 g/mol. The molecule has 0 bridgehead atoms. The zero-order valence-electron chi connectivity index (χ0n) is 7.56. The van der Waals surface area contributed by atoms with Crippen LogP contribution in [0.2, 0.25) is 0 Å². The predicted octanol–water partition coefficient (Wildman–Crippen LogP) is 2.48. The topological polar surface area (TPSA) is 18.5 Å². The molecule has 0 amide bonds. The molecule has 0 aliphatic heterocycles. The van der Waals surface area contributed by atoms with E-state index in [9.17, 15) is 0 Å². The van der Waals surface area contributed by atoms with E-state index in [1.807, 2.05) is 6.92 Å². The van der Waals surface area contributed by atoms with Gasteiger partial charge >= 0.3 is 29.6 Å². The van der Waals surface area contributed by atoms with Crippen LogP contribution in [0.3, 0.4) is 0 Å². The first kappa shape index (κ1) is 15.8. The SMILES string of the molecule is CCCCCCOPOCC.[NaH].